The summed E-state index contributed by atoms with van der Waals surface area (Å²) in [6, 6.07) is 9.22. The van der Waals surface area contributed by atoms with Gasteiger partial charge in [0.25, 0.3) is 5.56 Å². The molecule has 5 heteroatoms. The molecule has 3 N–H and O–H groups in total. The Balaban J connectivity index is 2.19. The first kappa shape index (κ1) is 15.1. The third kappa shape index (κ3) is 3.42. The molecule has 1 heterocycles. The Morgan fingerprint density at radius 2 is 2.10 bits per heavy atom. The van der Waals surface area contributed by atoms with Crippen molar-refractivity contribution in [1.82, 2.24) is 9.88 Å². The van der Waals surface area contributed by atoms with Gasteiger partial charge in [0.05, 0.1) is 0 Å². The molecule has 1 aromatic carbocycles. The summed E-state index contributed by atoms with van der Waals surface area (Å²) in [7, 11) is 0. The molecule has 1 unspecified atom stereocenters. The van der Waals surface area contributed by atoms with Crippen LogP contribution in [0, 0.1) is 0 Å². The SMILES string of the molecule is CCC(C)NC(=O)CCn1c(N)cc2ccccc2c1=O. The lowest BCUT2D eigenvalue weighted by Gasteiger charge is -2.13. The molecule has 1 aromatic heterocycles. The number of nitrogens with two attached hydrogens (primary N) is 1. The third-order valence-corrected chi connectivity index (χ3v) is 3.63. The fourth-order valence-electron chi connectivity index (χ4n) is 2.21. The Bertz CT molecular complexity index is 706. The van der Waals surface area contributed by atoms with Crippen molar-refractivity contribution in [3.05, 3.63) is 40.7 Å². The van der Waals surface area contributed by atoms with Crippen molar-refractivity contribution in [2.75, 3.05) is 5.73 Å². The quantitative estimate of drug-likeness (QED) is 0.881. The van der Waals surface area contributed by atoms with Gasteiger partial charge < -0.3 is 11.1 Å². The Morgan fingerprint density at radius 1 is 1.38 bits per heavy atom. The Hall–Kier alpha value is -2.30. The zero-order valence-electron chi connectivity index (χ0n) is 12.4. The Morgan fingerprint density at radius 3 is 2.81 bits per heavy atom. The van der Waals surface area contributed by atoms with E-state index in [0.717, 1.165) is 11.8 Å². The second-order valence-corrected chi connectivity index (χ2v) is 5.24. The van der Waals surface area contributed by atoms with E-state index in [9.17, 15) is 9.59 Å². The largest absolute Gasteiger partial charge is 0.385 e. The zero-order chi connectivity index (χ0) is 15.4. The van der Waals surface area contributed by atoms with Crippen LogP contribution in [0.25, 0.3) is 10.8 Å². The summed E-state index contributed by atoms with van der Waals surface area (Å²) in [5, 5.41) is 4.32. The highest BCUT2D eigenvalue weighted by Crippen LogP contribution is 2.13. The molecule has 2 aromatic rings. The Labute approximate surface area is 123 Å². The maximum absolute atomic E-state index is 12.4. The number of aromatic nitrogens is 1. The summed E-state index contributed by atoms with van der Waals surface area (Å²) in [5.41, 5.74) is 5.78. The first-order chi connectivity index (χ1) is 10.0. The molecule has 0 saturated heterocycles. The van der Waals surface area contributed by atoms with Crippen LogP contribution in [0.15, 0.2) is 35.1 Å². The fraction of sp³-hybridized carbons (Fsp3) is 0.375. The predicted molar refractivity (Wildman–Crippen MR) is 85.1 cm³/mol. The fourth-order valence-corrected chi connectivity index (χ4v) is 2.21. The minimum absolute atomic E-state index is 0.0659. The van der Waals surface area contributed by atoms with Crippen LogP contribution in [0.4, 0.5) is 5.82 Å². The van der Waals surface area contributed by atoms with Gasteiger partial charge in [0.2, 0.25) is 5.91 Å². The molecule has 0 radical (unpaired) electrons. The molecule has 0 fully saturated rings. The summed E-state index contributed by atoms with van der Waals surface area (Å²) in [6.07, 6.45) is 1.12. The molecule has 21 heavy (non-hydrogen) atoms. The number of anilines is 1. The van der Waals surface area contributed by atoms with E-state index in [4.69, 9.17) is 5.73 Å². The molecular formula is C16H21N3O2. The summed E-state index contributed by atoms with van der Waals surface area (Å²) in [5.74, 6) is 0.318. The van der Waals surface area contributed by atoms with Gasteiger partial charge >= 0.3 is 0 Å². The monoisotopic (exact) mass is 287 g/mol. The van der Waals surface area contributed by atoms with Crippen LogP contribution in [-0.2, 0) is 11.3 Å². The minimum Gasteiger partial charge on any atom is -0.385 e. The number of nitrogen functional groups attached to an aromatic ring is 1. The van der Waals surface area contributed by atoms with Gasteiger partial charge in [-0.25, -0.2) is 0 Å². The number of carbonyl (C=O) groups is 1. The van der Waals surface area contributed by atoms with E-state index in [1.807, 2.05) is 32.0 Å². The average molecular weight is 287 g/mol. The molecule has 0 aliphatic carbocycles. The van der Waals surface area contributed by atoms with Crippen molar-refractivity contribution < 1.29 is 4.79 Å². The number of rotatable bonds is 5. The normalized spacial score (nSPS) is 12.3. The number of fused-ring (bicyclic) bond motifs is 1. The highest BCUT2D eigenvalue weighted by Gasteiger charge is 2.10. The lowest BCUT2D eigenvalue weighted by Crippen LogP contribution is -2.33. The molecule has 0 aliphatic rings. The van der Waals surface area contributed by atoms with E-state index < -0.39 is 0 Å². The third-order valence-electron chi connectivity index (χ3n) is 3.63. The van der Waals surface area contributed by atoms with E-state index in [-0.39, 0.29) is 30.5 Å². The van der Waals surface area contributed by atoms with Crippen LogP contribution in [-0.4, -0.2) is 16.5 Å². The van der Waals surface area contributed by atoms with E-state index in [1.54, 1.807) is 12.1 Å². The van der Waals surface area contributed by atoms with E-state index >= 15 is 0 Å². The summed E-state index contributed by atoms with van der Waals surface area (Å²) in [4.78, 5) is 24.2. The van der Waals surface area contributed by atoms with Gasteiger partial charge in [0.1, 0.15) is 5.82 Å². The van der Waals surface area contributed by atoms with Gasteiger partial charge in [-0.2, -0.15) is 0 Å². The molecule has 0 spiro atoms. The van der Waals surface area contributed by atoms with Crippen molar-refractivity contribution in [3.8, 4) is 0 Å². The van der Waals surface area contributed by atoms with Crippen LogP contribution in [0.1, 0.15) is 26.7 Å². The zero-order valence-corrected chi connectivity index (χ0v) is 12.4. The van der Waals surface area contributed by atoms with Crippen LogP contribution < -0.4 is 16.6 Å². The number of nitrogens with zero attached hydrogens (tertiary/aromatic N) is 1. The van der Waals surface area contributed by atoms with Gasteiger partial charge in [0.15, 0.2) is 0 Å². The smallest absolute Gasteiger partial charge is 0.259 e. The molecule has 1 atom stereocenters. The van der Waals surface area contributed by atoms with Gasteiger partial charge in [-0.3, -0.25) is 14.2 Å². The molecular weight excluding hydrogens is 266 g/mol. The number of hydrogen-bond donors (Lipinski definition) is 2. The Kier molecular flexibility index (Phi) is 4.62. The van der Waals surface area contributed by atoms with Gasteiger partial charge in [0, 0.05) is 24.4 Å². The summed E-state index contributed by atoms with van der Waals surface area (Å²) >= 11 is 0. The van der Waals surface area contributed by atoms with E-state index in [1.165, 1.54) is 4.57 Å². The summed E-state index contributed by atoms with van der Waals surface area (Å²) < 4.78 is 1.46. The molecule has 0 bridgehead atoms. The topological polar surface area (TPSA) is 77.1 Å². The van der Waals surface area contributed by atoms with Crippen LogP contribution >= 0.6 is 0 Å². The summed E-state index contributed by atoms with van der Waals surface area (Å²) in [6.45, 7) is 4.25. The second-order valence-electron chi connectivity index (χ2n) is 5.24. The van der Waals surface area contributed by atoms with Crippen molar-refractivity contribution in [2.45, 2.75) is 39.3 Å². The predicted octanol–water partition coefficient (Wildman–Crippen LogP) is 1.89. The molecule has 0 saturated carbocycles. The van der Waals surface area contributed by atoms with Gasteiger partial charge in [-0.1, -0.05) is 25.1 Å². The second kappa shape index (κ2) is 6.43. The van der Waals surface area contributed by atoms with Crippen LogP contribution in [0.5, 0.6) is 0 Å². The van der Waals surface area contributed by atoms with Crippen molar-refractivity contribution in [1.29, 1.82) is 0 Å². The van der Waals surface area contributed by atoms with E-state index in [2.05, 4.69) is 5.32 Å². The number of amides is 1. The van der Waals surface area contributed by atoms with Crippen molar-refractivity contribution in [2.24, 2.45) is 0 Å². The van der Waals surface area contributed by atoms with Crippen molar-refractivity contribution in [3.63, 3.8) is 0 Å². The highest BCUT2D eigenvalue weighted by atomic mass is 16.2. The number of pyridine rings is 1. The van der Waals surface area contributed by atoms with Crippen molar-refractivity contribution >= 4 is 22.5 Å². The lowest BCUT2D eigenvalue weighted by atomic mass is 10.1. The molecule has 112 valence electrons. The van der Waals surface area contributed by atoms with E-state index in [0.29, 0.717) is 11.2 Å². The van der Waals surface area contributed by atoms with Crippen LogP contribution in [0.3, 0.4) is 0 Å². The lowest BCUT2D eigenvalue weighted by molar-refractivity contribution is -0.121. The number of nitrogens with one attached hydrogen (secondary N) is 1. The molecule has 0 aliphatic heterocycles. The van der Waals surface area contributed by atoms with Gasteiger partial charge in [-0.15, -0.1) is 0 Å². The minimum atomic E-state index is -0.151. The maximum atomic E-state index is 12.4. The van der Waals surface area contributed by atoms with Gasteiger partial charge in [-0.05, 0) is 30.9 Å². The average Bonchev–Trinajstić information content (AvgIpc) is 2.46. The highest BCUT2D eigenvalue weighted by molar-refractivity contribution is 5.83. The molecule has 5 nitrogen and oxygen atoms in total. The van der Waals surface area contributed by atoms with Crippen LogP contribution in [0.2, 0.25) is 0 Å². The number of benzene rings is 1. The number of carbonyl (C=O) groups excluding carboxylic acids is 1. The first-order valence-electron chi connectivity index (χ1n) is 7.20. The first-order valence-corrected chi connectivity index (χ1v) is 7.20. The number of hydrogen-bond acceptors (Lipinski definition) is 3. The maximum Gasteiger partial charge on any atom is 0.259 e. The standard InChI is InChI=1S/C16H21N3O2/c1-3-11(2)18-15(20)8-9-19-14(17)10-12-6-4-5-7-13(12)16(19)21/h4-7,10-11H,3,8-9,17H2,1-2H3,(H,18,20). The molecule has 1 amide bonds. The molecule has 2 rings (SSSR count).